The van der Waals surface area contributed by atoms with E-state index in [-0.39, 0.29) is 5.82 Å². The zero-order valence-electron chi connectivity index (χ0n) is 7.13. The van der Waals surface area contributed by atoms with Crippen molar-refractivity contribution in [2.45, 2.75) is 12.3 Å². The number of rotatable bonds is 2. The molecule has 0 spiro atoms. The van der Waals surface area contributed by atoms with E-state index in [4.69, 9.17) is 5.73 Å². The Bertz CT molecular complexity index is 327. The molecule has 1 aliphatic rings. The van der Waals surface area contributed by atoms with Crippen molar-refractivity contribution in [2.24, 2.45) is 11.7 Å². The quantitative estimate of drug-likeness (QED) is 0.850. The van der Waals surface area contributed by atoms with E-state index in [9.17, 15) is 4.39 Å². The van der Waals surface area contributed by atoms with Crippen LogP contribution in [0, 0.1) is 11.7 Å². The maximum Gasteiger partial charge on any atom is 0.124 e. The Balaban J connectivity index is 2.22. The first-order valence-corrected chi connectivity index (χ1v) is 5.16. The van der Waals surface area contributed by atoms with Gasteiger partial charge in [-0.2, -0.15) is 0 Å². The SMILES string of the molecule is NCC1CC1c1ccc(F)cc1Br. The number of hydrogen-bond donors (Lipinski definition) is 1. The lowest BCUT2D eigenvalue weighted by Crippen LogP contribution is -2.02. The van der Waals surface area contributed by atoms with Crippen LogP contribution < -0.4 is 5.73 Å². The molecular weight excluding hydrogens is 233 g/mol. The van der Waals surface area contributed by atoms with Crippen molar-refractivity contribution in [2.75, 3.05) is 6.54 Å². The summed E-state index contributed by atoms with van der Waals surface area (Å²) in [5.41, 5.74) is 6.74. The third-order valence-corrected chi connectivity index (χ3v) is 3.27. The van der Waals surface area contributed by atoms with Crippen molar-refractivity contribution in [3.63, 3.8) is 0 Å². The van der Waals surface area contributed by atoms with Gasteiger partial charge in [0.15, 0.2) is 0 Å². The average Bonchev–Trinajstić information content (AvgIpc) is 2.83. The molecule has 0 bridgehead atoms. The summed E-state index contributed by atoms with van der Waals surface area (Å²) in [6, 6.07) is 4.87. The van der Waals surface area contributed by atoms with E-state index in [1.165, 1.54) is 17.7 Å². The average molecular weight is 244 g/mol. The highest BCUT2D eigenvalue weighted by Gasteiger charge is 2.37. The maximum atomic E-state index is 12.8. The fraction of sp³-hybridized carbons (Fsp3) is 0.400. The summed E-state index contributed by atoms with van der Waals surface area (Å²) >= 11 is 3.36. The second-order valence-electron chi connectivity index (χ2n) is 3.50. The zero-order valence-corrected chi connectivity index (χ0v) is 8.72. The zero-order chi connectivity index (χ0) is 9.42. The van der Waals surface area contributed by atoms with Gasteiger partial charge in [-0.15, -0.1) is 0 Å². The molecule has 0 amide bonds. The van der Waals surface area contributed by atoms with Gasteiger partial charge in [0.25, 0.3) is 0 Å². The van der Waals surface area contributed by atoms with Crippen molar-refractivity contribution in [3.8, 4) is 0 Å². The van der Waals surface area contributed by atoms with Gasteiger partial charge in [-0.05, 0) is 42.5 Å². The smallest absolute Gasteiger partial charge is 0.124 e. The molecule has 0 aromatic heterocycles. The molecule has 3 heteroatoms. The van der Waals surface area contributed by atoms with Crippen LogP contribution in [0.25, 0.3) is 0 Å². The molecule has 1 saturated carbocycles. The molecule has 2 N–H and O–H groups in total. The largest absolute Gasteiger partial charge is 0.330 e. The standard InChI is InChI=1S/C10H11BrFN/c11-10-4-7(12)1-2-8(10)9-3-6(9)5-13/h1-2,4,6,9H,3,5,13H2. The lowest BCUT2D eigenvalue weighted by atomic mass is 10.1. The summed E-state index contributed by atoms with van der Waals surface area (Å²) in [5.74, 6) is 0.947. The van der Waals surface area contributed by atoms with E-state index in [1.54, 1.807) is 0 Å². The van der Waals surface area contributed by atoms with Crippen LogP contribution in [0.1, 0.15) is 17.9 Å². The van der Waals surface area contributed by atoms with Crippen LogP contribution in [0.3, 0.4) is 0 Å². The summed E-state index contributed by atoms with van der Waals surface area (Å²) in [4.78, 5) is 0. The van der Waals surface area contributed by atoms with Crippen molar-refractivity contribution < 1.29 is 4.39 Å². The van der Waals surface area contributed by atoms with Crippen molar-refractivity contribution in [3.05, 3.63) is 34.1 Å². The molecule has 0 radical (unpaired) electrons. The van der Waals surface area contributed by atoms with E-state index in [0.29, 0.717) is 11.8 Å². The van der Waals surface area contributed by atoms with Crippen LogP contribution in [0.4, 0.5) is 4.39 Å². The lowest BCUT2D eigenvalue weighted by Gasteiger charge is -2.02. The normalized spacial score (nSPS) is 26.1. The Labute approximate surface area is 85.3 Å². The van der Waals surface area contributed by atoms with Crippen LogP contribution in [0.5, 0.6) is 0 Å². The fourth-order valence-electron chi connectivity index (χ4n) is 1.69. The van der Waals surface area contributed by atoms with Gasteiger partial charge in [0, 0.05) is 4.47 Å². The van der Waals surface area contributed by atoms with E-state index in [1.807, 2.05) is 6.07 Å². The molecule has 0 saturated heterocycles. The summed E-state index contributed by atoms with van der Waals surface area (Å²) in [6.45, 7) is 0.731. The van der Waals surface area contributed by atoms with E-state index >= 15 is 0 Å². The molecule has 1 nitrogen and oxygen atoms in total. The van der Waals surface area contributed by atoms with Gasteiger partial charge in [0.1, 0.15) is 5.82 Å². The van der Waals surface area contributed by atoms with Crippen LogP contribution in [-0.2, 0) is 0 Å². The number of halogens is 2. The van der Waals surface area contributed by atoms with Gasteiger partial charge in [-0.1, -0.05) is 22.0 Å². The molecule has 1 aromatic carbocycles. The van der Waals surface area contributed by atoms with Crippen molar-refractivity contribution >= 4 is 15.9 Å². The number of hydrogen-bond acceptors (Lipinski definition) is 1. The molecule has 0 heterocycles. The highest BCUT2D eigenvalue weighted by Crippen LogP contribution is 2.48. The first-order valence-electron chi connectivity index (χ1n) is 4.37. The Hall–Kier alpha value is -0.410. The van der Waals surface area contributed by atoms with Gasteiger partial charge in [-0.25, -0.2) is 4.39 Å². The Morgan fingerprint density at radius 2 is 2.31 bits per heavy atom. The first-order chi connectivity index (χ1) is 6.22. The molecule has 1 fully saturated rings. The molecule has 70 valence electrons. The van der Waals surface area contributed by atoms with E-state index < -0.39 is 0 Å². The molecule has 1 aliphatic carbocycles. The highest BCUT2D eigenvalue weighted by atomic mass is 79.9. The summed E-state index contributed by atoms with van der Waals surface area (Å²) in [5, 5.41) is 0. The minimum atomic E-state index is -0.194. The first kappa shape index (κ1) is 9.16. The molecule has 1 aromatic rings. The Morgan fingerprint density at radius 3 is 2.85 bits per heavy atom. The van der Waals surface area contributed by atoms with Gasteiger partial charge in [0.2, 0.25) is 0 Å². The second kappa shape index (κ2) is 3.39. The van der Waals surface area contributed by atoms with Crippen LogP contribution in [-0.4, -0.2) is 6.54 Å². The maximum absolute atomic E-state index is 12.8. The lowest BCUT2D eigenvalue weighted by molar-refractivity contribution is 0.625. The van der Waals surface area contributed by atoms with E-state index in [2.05, 4.69) is 15.9 Å². The highest BCUT2D eigenvalue weighted by molar-refractivity contribution is 9.10. The molecule has 2 unspecified atom stereocenters. The second-order valence-corrected chi connectivity index (χ2v) is 4.36. The fourth-order valence-corrected chi connectivity index (χ4v) is 2.34. The molecular formula is C10H11BrFN. The minimum Gasteiger partial charge on any atom is -0.330 e. The summed E-state index contributed by atoms with van der Waals surface area (Å²) < 4.78 is 13.6. The monoisotopic (exact) mass is 243 g/mol. The minimum absolute atomic E-state index is 0.194. The third-order valence-electron chi connectivity index (χ3n) is 2.59. The molecule has 2 rings (SSSR count). The van der Waals surface area contributed by atoms with Crippen molar-refractivity contribution in [1.29, 1.82) is 0 Å². The van der Waals surface area contributed by atoms with Crippen LogP contribution in [0.15, 0.2) is 22.7 Å². The van der Waals surface area contributed by atoms with Crippen LogP contribution in [0.2, 0.25) is 0 Å². The van der Waals surface area contributed by atoms with Gasteiger partial charge >= 0.3 is 0 Å². The van der Waals surface area contributed by atoms with Gasteiger partial charge < -0.3 is 5.73 Å². The molecule has 2 atom stereocenters. The third kappa shape index (κ3) is 1.76. The van der Waals surface area contributed by atoms with Crippen molar-refractivity contribution in [1.82, 2.24) is 0 Å². The van der Waals surface area contributed by atoms with Crippen LogP contribution >= 0.6 is 15.9 Å². The van der Waals surface area contributed by atoms with Gasteiger partial charge in [0.05, 0.1) is 0 Å². The topological polar surface area (TPSA) is 26.0 Å². The van der Waals surface area contributed by atoms with Gasteiger partial charge in [-0.3, -0.25) is 0 Å². The summed E-state index contributed by atoms with van der Waals surface area (Å²) in [6.07, 6.45) is 1.14. The predicted octanol–water partition coefficient (Wildman–Crippen LogP) is 2.65. The Kier molecular flexibility index (Phi) is 2.39. The van der Waals surface area contributed by atoms with E-state index in [0.717, 1.165) is 17.4 Å². The summed E-state index contributed by atoms with van der Waals surface area (Å²) in [7, 11) is 0. The molecule has 13 heavy (non-hydrogen) atoms. The Morgan fingerprint density at radius 1 is 1.54 bits per heavy atom. The molecule has 0 aliphatic heterocycles. The number of nitrogens with two attached hydrogens (primary N) is 1. The number of benzene rings is 1. The predicted molar refractivity (Wildman–Crippen MR) is 54.0 cm³/mol.